The van der Waals surface area contributed by atoms with Crippen LogP contribution in [0.5, 0.6) is 0 Å². The predicted molar refractivity (Wildman–Crippen MR) is 102 cm³/mol. The van der Waals surface area contributed by atoms with Gasteiger partial charge in [0.15, 0.2) is 9.84 Å². The van der Waals surface area contributed by atoms with E-state index < -0.39 is 48.2 Å². The summed E-state index contributed by atoms with van der Waals surface area (Å²) in [5, 5.41) is -1.13. The average molecular weight is 462 g/mol. The first-order valence-corrected chi connectivity index (χ1v) is 11.5. The number of hydrogen-bond donors (Lipinski definition) is 1. The topological polar surface area (TPSA) is 93.4 Å². The molecule has 154 valence electrons. The maximum Gasteiger partial charge on any atom is 0.243 e. The van der Waals surface area contributed by atoms with Crippen molar-refractivity contribution in [2.24, 2.45) is 0 Å². The molecular weight excluding hydrogens is 448 g/mol. The van der Waals surface area contributed by atoms with Crippen molar-refractivity contribution in [3.05, 3.63) is 83.3 Å². The number of sulfone groups is 1. The maximum atomic E-state index is 13.9. The van der Waals surface area contributed by atoms with Gasteiger partial charge in [-0.1, -0.05) is 11.6 Å². The Morgan fingerprint density at radius 2 is 1.69 bits per heavy atom. The molecule has 0 fully saturated rings. The molecule has 0 saturated carbocycles. The Bertz CT molecular complexity index is 1210. The minimum atomic E-state index is -4.54. The molecule has 3 aromatic rings. The van der Waals surface area contributed by atoms with Crippen LogP contribution in [0.1, 0.15) is 11.0 Å². The van der Waals surface area contributed by atoms with Crippen molar-refractivity contribution in [1.29, 1.82) is 0 Å². The normalized spacial score (nSPS) is 13.3. The van der Waals surface area contributed by atoms with Crippen LogP contribution in [0.2, 0.25) is 5.02 Å². The van der Waals surface area contributed by atoms with Crippen LogP contribution in [-0.4, -0.2) is 23.4 Å². The van der Waals surface area contributed by atoms with Gasteiger partial charge in [-0.2, -0.15) is 0 Å². The average Bonchev–Trinajstić information content (AvgIpc) is 3.18. The van der Waals surface area contributed by atoms with Crippen molar-refractivity contribution in [3.63, 3.8) is 0 Å². The molecule has 0 aliphatic heterocycles. The Kier molecular flexibility index (Phi) is 6.08. The molecular formula is C18H14ClF2NO5S2. The largest absolute Gasteiger partial charge is 0.468 e. The summed E-state index contributed by atoms with van der Waals surface area (Å²) in [6.07, 6.45) is 1.24. The molecule has 29 heavy (non-hydrogen) atoms. The summed E-state index contributed by atoms with van der Waals surface area (Å²) in [5.41, 5.74) is 0. The van der Waals surface area contributed by atoms with Gasteiger partial charge < -0.3 is 4.42 Å². The standard InChI is InChI=1S/C18H14ClF2NO5S2/c19-12-3-6-14(7-4-12)28(23,24)18(16-2-1-9-27-16)11-22-29(25,26)17-10-13(20)5-8-15(17)21/h1-10,18,22H,11H2/t18-/m0/s1. The highest BCUT2D eigenvalue weighted by Crippen LogP contribution is 2.30. The Labute approximate surface area is 171 Å². The van der Waals surface area contributed by atoms with Crippen LogP contribution in [0, 0.1) is 11.6 Å². The van der Waals surface area contributed by atoms with Gasteiger partial charge in [-0.05, 0) is 54.6 Å². The van der Waals surface area contributed by atoms with Gasteiger partial charge in [0, 0.05) is 11.6 Å². The van der Waals surface area contributed by atoms with Crippen molar-refractivity contribution in [2.75, 3.05) is 6.54 Å². The van der Waals surface area contributed by atoms with E-state index in [1.54, 1.807) is 0 Å². The first-order chi connectivity index (χ1) is 13.6. The van der Waals surface area contributed by atoms with E-state index in [0.29, 0.717) is 17.2 Å². The second-order valence-corrected chi connectivity index (χ2v) is 10.2. The van der Waals surface area contributed by atoms with Crippen molar-refractivity contribution < 1.29 is 30.0 Å². The molecule has 0 spiro atoms. The lowest BCUT2D eigenvalue weighted by molar-refractivity contribution is 0.486. The molecule has 1 atom stereocenters. The van der Waals surface area contributed by atoms with E-state index in [-0.39, 0.29) is 10.7 Å². The lowest BCUT2D eigenvalue weighted by Crippen LogP contribution is -2.32. The predicted octanol–water partition coefficient (Wildman–Crippen LogP) is 3.70. The molecule has 0 saturated heterocycles. The highest BCUT2D eigenvalue weighted by atomic mass is 35.5. The third-order valence-electron chi connectivity index (χ3n) is 4.02. The number of furan rings is 1. The number of sulfonamides is 1. The highest BCUT2D eigenvalue weighted by molar-refractivity contribution is 7.92. The Morgan fingerprint density at radius 3 is 2.31 bits per heavy atom. The highest BCUT2D eigenvalue weighted by Gasteiger charge is 2.33. The summed E-state index contributed by atoms with van der Waals surface area (Å²) in [6.45, 7) is -0.670. The van der Waals surface area contributed by atoms with Gasteiger partial charge >= 0.3 is 0 Å². The molecule has 0 bridgehead atoms. The molecule has 0 aliphatic carbocycles. The maximum absolute atomic E-state index is 13.9. The van der Waals surface area contributed by atoms with Crippen molar-refractivity contribution in [3.8, 4) is 0 Å². The second-order valence-electron chi connectivity index (χ2n) is 5.93. The lowest BCUT2D eigenvalue weighted by Gasteiger charge is -2.17. The number of benzene rings is 2. The number of rotatable bonds is 7. The van der Waals surface area contributed by atoms with Gasteiger partial charge in [0.25, 0.3) is 0 Å². The Hall–Kier alpha value is -2.27. The zero-order chi connectivity index (χ0) is 21.2. The third-order valence-corrected chi connectivity index (χ3v) is 7.79. The second kappa shape index (κ2) is 8.23. The van der Waals surface area contributed by atoms with Crippen LogP contribution in [0.3, 0.4) is 0 Å². The number of nitrogens with one attached hydrogen (secondary N) is 1. The van der Waals surface area contributed by atoms with Crippen LogP contribution in [0.4, 0.5) is 8.78 Å². The Balaban J connectivity index is 1.95. The van der Waals surface area contributed by atoms with Crippen LogP contribution in [0.25, 0.3) is 0 Å². The van der Waals surface area contributed by atoms with Gasteiger partial charge in [-0.15, -0.1) is 0 Å². The van der Waals surface area contributed by atoms with E-state index in [0.717, 1.165) is 6.07 Å². The van der Waals surface area contributed by atoms with Crippen LogP contribution < -0.4 is 4.72 Å². The summed E-state index contributed by atoms with van der Waals surface area (Å²) in [6, 6.07) is 10.1. The SMILES string of the molecule is O=S(=O)(NC[C@@H](c1ccco1)S(=O)(=O)c1ccc(Cl)cc1)c1cc(F)ccc1F. The number of hydrogen-bond acceptors (Lipinski definition) is 5. The smallest absolute Gasteiger partial charge is 0.243 e. The van der Waals surface area contributed by atoms with E-state index in [9.17, 15) is 25.6 Å². The van der Waals surface area contributed by atoms with E-state index in [1.807, 2.05) is 4.72 Å². The van der Waals surface area contributed by atoms with E-state index in [4.69, 9.17) is 16.0 Å². The fraction of sp³-hybridized carbons (Fsp3) is 0.111. The lowest BCUT2D eigenvalue weighted by atomic mass is 10.3. The van der Waals surface area contributed by atoms with Gasteiger partial charge in [0.1, 0.15) is 27.5 Å². The number of halogens is 3. The van der Waals surface area contributed by atoms with Gasteiger partial charge in [-0.25, -0.2) is 30.3 Å². The molecule has 0 radical (unpaired) electrons. The zero-order valence-corrected chi connectivity index (χ0v) is 16.9. The van der Waals surface area contributed by atoms with Crippen LogP contribution in [-0.2, 0) is 19.9 Å². The van der Waals surface area contributed by atoms with Crippen molar-refractivity contribution >= 4 is 31.5 Å². The van der Waals surface area contributed by atoms with Gasteiger partial charge in [-0.3, -0.25) is 0 Å². The van der Waals surface area contributed by atoms with E-state index in [1.165, 1.54) is 42.7 Å². The summed E-state index contributed by atoms with van der Waals surface area (Å²) in [7, 11) is -8.65. The minimum absolute atomic E-state index is 0.0256. The summed E-state index contributed by atoms with van der Waals surface area (Å²) in [4.78, 5) is -1.04. The first-order valence-electron chi connectivity index (χ1n) is 8.09. The molecule has 11 heteroatoms. The van der Waals surface area contributed by atoms with Gasteiger partial charge in [0.2, 0.25) is 10.0 Å². The quantitative estimate of drug-likeness (QED) is 0.579. The molecule has 0 aliphatic rings. The molecule has 6 nitrogen and oxygen atoms in total. The molecule has 0 unspecified atom stereocenters. The summed E-state index contributed by atoms with van der Waals surface area (Å²) < 4.78 is 85.4. The Morgan fingerprint density at radius 1 is 1.00 bits per heavy atom. The fourth-order valence-electron chi connectivity index (χ4n) is 2.57. The third kappa shape index (κ3) is 4.67. The van der Waals surface area contributed by atoms with Crippen LogP contribution in [0.15, 0.2) is 75.1 Å². The fourth-order valence-corrected chi connectivity index (χ4v) is 5.52. The summed E-state index contributed by atoms with van der Waals surface area (Å²) in [5.74, 6) is -2.15. The molecule has 2 aromatic carbocycles. The van der Waals surface area contributed by atoms with Gasteiger partial charge in [0.05, 0.1) is 11.2 Å². The molecule has 0 amide bonds. The van der Waals surface area contributed by atoms with Crippen molar-refractivity contribution in [2.45, 2.75) is 15.0 Å². The first kappa shape index (κ1) is 21.4. The van der Waals surface area contributed by atoms with Crippen molar-refractivity contribution in [1.82, 2.24) is 4.72 Å². The minimum Gasteiger partial charge on any atom is -0.468 e. The molecule has 3 rings (SSSR count). The van der Waals surface area contributed by atoms with E-state index >= 15 is 0 Å². The zero-order valence-electron chi connectivity index (χ0n) is 14.5. The molecule has 1 heterocycles. The van der Waals surface area contributed by atoms with Crippen LogP contribution >= 0.6 is 11.6 Å². The molecule has 1 N–H and O–H groups in total. The molecule has 1 aromatic heterocycles. The summed E-state index contributed by atoms with van der Waals surface area (Å²) >= 11 is 5.79. The van der Waals surface area contributed by atoms with E-state index in [2.05, 4.69) is 0 Å². The monoisotopic (exact) mass is 461 g/mol.